The second-order valence-corrected chi connectivity index (χ2v) is 5.79. The Morgan fingerprint density at radius 2 is 2.33 bits per heavy atom. The van der Waals surface area contributed by atoms with Gasteiger partial charge in [0.1, 0.15) is 5.78 Å². The zero-order valence-electron chi connectivity index (χ0n) is 8.59. The Kier molecular flexibility index (Phi) is 3.14. The maximum absolute atomic E-state index is 11.0. The van der Waals surface area contributed by atoms with Crippen LogP contribution in [-0.2, 0) is 14.9 Å². The number of halogens is 1. The van der Waals surface area contributed by atoms with Crippen molar-refractivity contribution < 1.29 is 9.53 Å². The maximum atomic E-state index is 11.0. The van der Waals surface area contributed by atoms with Crippen LogP contribution in [0.3, 0.4) is 0 Å². The lowest BCUT2D eigenvalue weighted by Gasteiger charge is -2.40. The first-order valence-corrected chi connectivity index (χ1v) is 6.15. The van der Waals surface area contributed by atoms with E-state index in [0.29, 0.717) is 6.42 Å². The topological polar surface area (TPSA) is 26.3 Å². The number of hydrogen-bond acceptors (Lipinski definition) is 3. The van der Waals surface area contributed by atoms with E-state index in [1.165, 1.54) is 4.88 Å². The summed E-state index contributed by atoms with van der Waals surface area (Å²) in [7, 11) is 0. The zero-order valence-corrected chi connectivity index (χ0v) is 10.2. The van der Waals surface area contributed by atoms with Crippen LogP contribution >= 0.6 is 22.9 Å². The molecule has 0 saturated carbocycles. The van der Waals surface area contributed by atoms with Gasteiger partial charge in [0, 0.05) is 11.3 Å². The third kappa shape index (κ3) is 2.25. The summed E-state index contributed by atoms with van der Waals surface area (Å²) < 4.78 is 6.09. The predicted octanol–water partition coefficient (Wildman–Crippen LogP) is 3.04. The van der Waals surface area contributed by atoms with Gasteiger partial charge in [-0.05, 0) is 25.5 Å². The number of carbonyl (C=O) groups is 1. The molecule has 0 N–H and O–H groups in total. The number of rotatable bonds is 4. The maximum Gasteiger partial charge on any atom is 0.129 e. The van der Waals surface area contributed by atoms with Crippen molar-refractivity contribution in [3.05, 3.63) is 21.3 Å². The molecule has 2 nitrogen and oxygen atoms in total. The number of ether oxygens (including phenoxy) is 1. The molecular formula is C11H13ClO2S. The summed E-state index contributed by atoms with van der Waals surface area (Å²) in [4.78, 5) is 12.3. The molecule has 0 spiro atoms. The molecule has 1 aromatic rings. The van der Waals surface area contributed by atoms with E-state index >= 15 is 0 Å². The number of Topliss-reactive ketones (excluding diaryl/α,β-unsaturated/α-hetero) is 1. The van der Waals surface area contributed by atoms with E-state index in [-0.39, 0.29) is 11.2 Å². The molecule has 0 amide bonds. The van der Waals surface area contributed by atoms with Crippen LogP contribution in [0, 0.1) is 0 Å². The SMILES string of the molecule is CC(=O)CCC1(c2ccc(Cl)s2)COC1. The molecule has 1 saturated heterocycles. The first-order chi connectivity index (χ1) is 7.12. The van der Waals surface area contributed by atoms with E-state index < -0.39 is 0 Å². The minimum absolute atomic E-state index is 0.0590. The molecule has 0 atom stereocenters. The smallest absolute Gasteiger partial charge is 0.129 e. The summed E-state index contributed by atoms with van der Waals surface area (Å²) in [6, 6.07) is 3.96. The second kappa shape index (κ2) is 4.24. The molecule has 2 rings (SSSR count). The van der Waals surface area contributed by atoms with Crippen LogP contribution < -0.4 is 0 Å². The standard InChI is InChI=1S/C11H13ClO2S/c1-8(13)4-5-11(6-14-7-11)9-2-3-10(12)15-9/h2-3H,4-7H2,1H3. The molecule has 2 heterocycles. The molecule has 1 aliphatic heterocycles. The highest BCUT2D eigenvalue weighted by Crippen LogP contribution is 2.41. The molecule has 0 aliphatic carbocycles. The van der Waals surface area contributed by atoms with Crippen LogP contribution in [0.25, 0.3) is 0 Å². The minimum Gasteiger partial charge on any atom is -0.379 e. The highest BCUT2D eigenvalue weighted by Gasteiger charge is 2.41. The van der Waals surface area contributed by atoms with Crippen LogP contribution in [0.5, 0.6) is 0 Å². The van der Waals surface area contributed by atoms with Gasteiger partial charge in [0.25, 0.3) is 0 Å². The van der Waals surface area contributed by atoms with Crippen molar-refractivity contribution in [3.63, 3.8) is 0 Å². The number of hydrogen-bond donors (Lipinski definition) is 0. The normalized spacial score (nSPS) is 18.5. The van der Waals surface area contributed by atoms with Crippen molar-refractivity contribution >= 4 is 28.7 Å². The van der Waals surface area contributed by atoms with E-state index in [0.717, 1.165) is 24.0 Å². The van der Waals surface area contributed by atoms with E-state index in [1.54, 1.807) is 18.3 Å². The van der Waals surface area contributed by atoms with Gasteiger partial charge in [0.05, 0.1) is 23.0 Å². The number of carbonyl (C=O) groups excluding carboxylic acids is 1. The van der Waals surface area contributed by atoms with E-state index in [1.807, 2.05) is 6.07 Å². The summed E-state index contributed by atoms with van der Waals surface area (Å²) in [6.45, 7) is 3.07. The summed E-state index contributed by atoms with van der Waals surface area (Å²) in [5.74, 6) is 0.240. The highest BCUT2D eigenvalue weighted by atomic mass is 35.5. The average Bonchev–Trinajstić information content (AvgIpc) is 2.50. The molecule has 0 unspecified atom stereocenters. The third-order valence-electron chi connectivity index (χ3n) is 2.81. The van der Waals surface area contributed by atoms with Crippen LogP contribution in [-0.4, -0.2) is 19.0 Å². The largest absolute Gasteiger partial charge is 0.379 e. The van der Waals surface area contributed by atoms with Gasteiger partial charge in [-0.2, -0.15) is 0 Å². The number of thiophene rings is 1. The third-order valence-corrected chi connectivity index (χ3v) is 4.29. The van der Waals surface area contributed by atoms with Crippen molar-refractivity contribution in [2.24, 2.45) is 0 Å². The second-order valence-electron chi connectivity index (χ2n) is 4.08. The molecule has 1 aromatic heterocycles. The molecule has 0 bridgehead atoms. The van der Waals surface area contributed by atoms with E-state index in [9.17, 15) is 4.79 Å². The molecule has 0 radical (unpaired) electrons. The molecule has 82 valence electrons. The summed E-state index contributed by atoms with van der Waals surface area (Å²) in [5.41, 5.74) is 0.0590. The van der Waals surface area contributed by atoms with Crippen LogP contribution in [0.2, 0.25) is 4.34 Å². The molecule has 0 aromatic carbocycles. The summed E-state index contributed by atoms with van der Waals surface area (Å²) >= 11 is 7.52. The minimum atomic E-state index is 0.0590. The molecule has 4 heteroatoms. The zero-order chi connectivity index (χ0) is 10.9. The van der Waals surface area contributed by atoms with Gasteiger partial charge < -0.3 is 9.53 Å². The van der Waals surface area contributed by atoms with Crippen molar-refractivity contribution in [1.82, 2.24) is 0 Å². The Balaban J connectivity index is 2.11. The van der Waals surface area contributed by atoms with Gasteiger partial charge >= 0.3 is 0 Å². The van der Waals surface area contributed by atoms with Crippen LogP contribution in [0.15, 0.2) is 12.1 Å². The quantitative estimate of drug-likeness (QED) is 0.814. The predicted molar refractivity (Wildman–Crippen MR) is 61.7 cm³/mol. The molecule has 1 aliphatic rings. The van der Waals surface area contributed by atoms with Gasteiger partial charge in [0.15, 0.2) is 0 Å². The van der Waals surface area contributed by atoms with Gasteiger partial charge in [0.2, 0.25) is 0 Å². The first kappa shape index (κ1) is 11.1. The Morgan fingerprint density at radius 1 is 1.60 bits per heavy atom. The molecule has 1 fully saturated rings. The van der Waals surface area contributed by atoms with Crippen LogP contribution in [0.1, 0.15) is 24.6 Å². The summed E-state index contributed by atoms with van der Waals surface area (Å²) in [6.07, 6.45) is 1.50. The van der Waals surface area contributed by atoms with Crippen LogP contribution in [0.4, 0.5) is 0 Å². The fourth-order valence-electron chi connectivity index (χ4n) is 1.77. The monoisotopic (exact) mass is 244 g/mol. The van der Waals surface area contributed by atoms with Crippen molar-refractivity contribution in [1.29, 1.82) is 0 Å². The van der Waals surface area contributed by atoms with Crippen molar-refractivity contribution in [2.45, 2.75) is 25.2 Å². The average molecular weight is 245 g/mol. The van der Waals surface area contributed by atoms with Gasteiger partial charge in [-0.25, -0.2) is 0 Å². The lowest BCUT2D eigenvalue weighted by Crippen LogP contribution is -2.46. The van der Waals surface area contributed by atoms with Crippen molar-refractivity contribution in [2.75, 3.05) is 13.2 Å². The van der Waals surface area contributed by atoms with E-state index in [2.05, 4.69) is 6.07 Å². The number of ketones is 1. The molecule has 15 heavy (non-hydrogen) atoms. The Hall–Kier alpha value is -0.380. The molecular weight excluding hydrogens is 232 g/mol. The van der Waals surface area contributed by atoms with E-state index in [4.69, 9.17) is 16.3 Å². The van der Waals surface area contributed by atoms with Gasteiger partial charge in [-0.1, -0.05) is 11.6 Å². The lowest BCUT2D eigenvalue weighted by molar-refractivity contribution is -0.119. The fourth-order valence-corrected chi connectivity index (χ4v) is 3.00. The lowest BCUT2D eigenvalue weighted by atomic mass is 9.79. The van der Waals surface area contributed by atoms with Crippen molar-refractivity contribution in [3.8, 4) is 0 Å². The highest BCUT2D eigenvalue weighted by molar-refractivity contribution is 7.16. The Morgan fingerprint density at radius 3 is 2.73 bits per heavy atom. The van der Waals surface area contributed by atoms with Gasteiger partial charge in [-0.3, -0.25) is 0 Å². The Bertz CT molecular complexity index is 368. The fraction of sp³-hybridized carbons (Fsp3) is 0.545. The van der Waals surface area contributed by atoms with Gasteiger partial charge in [-0.15, -0.1) is 11.3 Å². The summed E-state index contributed by atoms with van der Waals surface area (Å²) in [5, 5.41) is 0. The Labute approximate surface area is 98.2 Å². The first-order valence-electron chi connectivity index (χ1n) is 4.95.